The van der Waals surface area contributed by atoms with Crippen molar-refractivity contribution in [2.75, 3.05) is 13.6 Å². The molecule has 0 saturated carbocycles. The molecule has 0 aliphatic carbocycles. The van der Waals surface area contributed by atoms with E-state index in [4.69, 9.17) is 0 Å². The number of halogens is 2. The van der Waals surface area contributed by atoms with Gasteiger partial charge in [0.25, 0.3) is 5.91 Å². The van der Waals surface area contributed by atoms with Crippen molar-refractivity contribution in [3.63, 3.8) is 0 Å². The SMILES string of the molecule is CNC(=O)C1CCCN1C(=O)c1cc(F)ccc1Br. The van der Waals surface area contributed by atoms with E-state index in [0.29, 0.717) is 17.4 Å². The van der Waals surface area contributed by atoms with E-state index < -0.39 is 11.9 Å². The molecule has 1 N–H and O–H groups in total. The minimum absolute atomic E-state index is 0.182. The molecule has 0 bridgehead atoms. The van der Waals surface area contributed by atoms with Gasteiger partial charge in [0.15, 0.2) is 0 Å². The Bertz CT molecular complexity index is 521. The van der Waals surface area contributed by atoms with Gasteiger partial charge in [0.05, 0.1) is 5.56 Å². The fourth-order valence-electron chi connectivity index (χ4n) is 2.27. The Morgan fingerprint density at radius 1 is 1.47 bits per heavy atom. The molecule has 0 radical (unpaired) electrons. The summed E-state index contributed by atoms with van der Waals surface area (Å²) in [6.45, 7) is 0.514. The second-order valence-corrected chi connectivity index (χ2v) is 5.25. The molecule has 102 valence electrons. The third-order valence-electron chi connectivity index (χ3n) is 3.22. The maximum absolute atomic E-state index is 13.2. The van der Waals surface area contributed by atoms with Crippen molar-refractivity contribution in [1.29, 1.82) is 0 Å². The number of hydrogen-bond acceptors (Lipinski definition) is 2. The molecule has 19 heavy (non-hydrogen) atoms. The van der Waals surface area contributed by atoms with Crippen LogP contribution in [-0.4, -0.2) is 36.3 Å². The molecule has 1 fully saturated rings. The predicted molar refractivity (Wildman–Crippen MR) is 72.2 cm³/mol. The number of amides is 2. The van der Waals surface area contributed by atoms with Crippen LogP contribution in [0.15, 0.2) is 22.7 Å². The van der Waals surface area contributed by atoms with Gasteiger partial charge in [-0.15, -0.1) is 0 Å². The average Bonchev–Trinajstić information content (AvgIpc) is 2.89. The molecular formula is C13H14BrFN2O2. The highest BCUT2D eigenvalue weighted by molar-refractivity contribution is 9.10. The molecule has 1 heterocycles. The lowest BCUT2D eigenvalue weighted by atomic mass is 10.1. The highest BCUT2D eigenvalue weighted by atomic mass is 79.9. The fraction of sp³-hybridized carbons (Fsp3) is 0.385. The summed E-state index contributed by atoms with van der Waals surface area (Å²) < 4.78 is 13.8. The summed E-state index contributed by atoms with van der Waals surface area (Å²) in [5.41, 5.74) is 0.246. The van der Waals surface area contributed by atoms with Gasteiger partial charge in [-0.1, -0.05) is 0 Å². The second-order valence-electron chi connectivity index (χ2n) is 4.39. The van der Waals surface area contributed by atoms with E-state index in [1.807, 2.05) is 0 Å². The summed E-state index contributed by atoms with van der Waals surface area (Å²) in [7, 11) is 1.54. The van der Waals surface area contributed by atoms with Gasteiger partial charge in [-0.2, -0.15) is 0 Å². The first-order chi connectivity index (χ1) is 9.04. The predicted octanol–water partition coefficient (Wildman–Crippen LogP) is 1.94. The average molecular weight is 329 g/mol. The van der Waals surface area contributed by atoms with E-state index in [-0.39, 0.29) is 17.4 Å². The van der Waals surface area contributed by atoms with Gasteiger partial charge in [0.1, 0.15) is 11.9 Å². The Balaban J connectivity index is 2.28. The Morgan fingerprint density at radius 2 is 2.21 bits per heavy atom. The van der Waals surface area contributed by atoms with E-state index in [2.05, 4.69) is 21.2 Å². The molecule has 1 saturated heterocycles. The molecule has 1 aliphatic rings. The maximum atomic E-state index is 13.2. The molecule has 1 aromatic carbocycles. The number of rotatable bonds is 2. The lowest BCUT2D eigenvalue weighted by Gasteiger charge is -2.23. The summed E-state index contributed by atoms with van der Waals surface area (Å²) in [5, 5.41) is 2.55. The normalized spacial score (nSPS) is 18.5. The topological polar surface area (TPSA) is 49.4 Å². The Morgan fingerprint density at radius 3 is 2.89 bits per heavy atom. The molecule has 6 heteroatoms. The minimum Gasteiger partial charge on any atom is -0.357 e. The Hall–Kier alpha value is -1.43. The summed E-state index contributed by atoms with van der Waals surface area (Å²) in [4.78, 5) is 25.6. The van der Waals surface area contributed by atoms with Crippen LogP contribution in [0.2, 0.25) is 0 Å². The highest BCUT2D eigenvalue weighted by Gasteiger charge is 2.34. The molecule has 0 aromatic heterocycles. The van der Waals surface area contributed by atoms with Crippen molar-refractivity contribution >= 4 is 27.7 Å². The number of likely N-dealkylation sites (N-methyl/N-ethyl adjacent to an activating group) is 1. The second kappa shape index (κ2) is 5.69. The molecule has 0 spiro atoms. The van der Waals surface area contributed by atoms with E-state index in [1.54, 1.807) is 7.05 Å². The Labute approximate surface area is 119 Å². The van der Waals surface area contributed by atoms with Crippen LogP contribution in [0.25, 0.3) is 0 Å². The van der Waals surface area contributed by atoms with Crippen molar-refractivity contribution in [3.8, 4) is 0 Å². The van der Waals surface area contributed by atoms with Gasteiger partial charge in [-0.05, 0) is 47.0 Å². The van der Waals surface area contributed by atoms with E-state index in [1.165, 1.54) is 23.1 Å². The number of carbonyl (C=O) groups is 2. The van der Waals surface area contributed by atoms with Crippen molar-refractivity contribution in [3.05, 3.63) is 34.1 Å². The Kier molecular flexibility index (Phi) is 4.19. The van der Waals surface area contributed by atoms with Gasteiger partial charge in [-0.25, -0.2) is 4.39 Å². The molecule has 4 nitrogen and oxygen atoms in total. The lowest BCUT2D eigenvalue weighted by Crippen LogP contribution is -2.45. The van der Waals surface area contributed by atoms with E-state index >= 15 is 0 Å². The monoisotopic (exact) mass is 328 g/mol. The number of carbonyl (C=O) groups excluding carboxylic acids is 2. The number of likely N-dealkylation sites (tertiary alicyclic amines) is 1. The molecule has 1 unspecified atom stereocenters. The van der Waals surface area contributed by atoms with E-state index in [0.717, 1.165) is 6.42 Å². The first-order valence-electron chi connectivity index (χ1n) is 6.02. The molecule has 2 rings (SSSR count). The number of nitrogens with zero attached hydrogens (tertiary/aromatic N) is 1. The van der Waals surface area contributed by atoms with Gasteiger partial charge in [0, 0.05) is 18.1 Å². The number of nitrogens with one attached hydrogen (secondary N) is 1. The smallest absolute Gasteiger partial charge is 0.255 e. The van der Waals surface area contributed by atoms with Crippen molar-refractivity contribution in [2.45, 2.75) is 18.9 Å². The number of hydrogen-bond donors (Lipinski definition) is 1. The zero-order valence-corrected chi connectivity index (χ0v) is 12.0. The first-order valence-corrected chi connectivity index (χ1v) is 6.81. The van der Waals surface area contributed by atoms with Crippen LogP contribution < -0.4 is 5.32 Å². The van der Waals surface area contributed by atoms with Crippen molar-refractivity contribution in [1.82, 2.24) is 10.2 Å². The fourth-order valence-corrected chi connectivity index (χ4v) is 2.68. The quantitative estimate of drug-likeness (QED) is 0.901. The van der Waals surface area contributed by atoms with Crippen LogP contribution in [0.4, 0.5) is 4.39 Å². The van der Waals surface area contributed by atoms with Crippen molar-refractivity contribution < 1.29 is 14.0 Å². The maximum Gasteiger partial charge on any atom is 0.255 e. The highest BCUT2D eigenvalue weighted by Crippen LogP contribution is 2.24. The summed E-state index contributed by atoms with van der Waals surface area (Å²) >= 11 is 3.24. The zero-order chi connectivity index (χ0) is 14.0. The largest absolute Gasteiger partial charge is 0.357 e. The van der Waals surface area contributed by atoms with E-state index in [9.17, 15) is 14.0 Å². The minimum atomic E-state index is -0.470. The molecular weight excluding hydrogens is 315 g/mol. The summed E-state index contributed by atoms with van der Waals surface area (Å²) in [6, 6.07) is 3.49. The van der Waals surface area contributed by atoms with Crippen LogP contribution in [0.5, 0.6) is 0 Å². The van der Waals surface area contributed by atoms with Gasteiger partial charge >= 0.3 is 0 Å². The van der Waals surface area contributed by atoms with Crippen LogP contribution in [0.3, 0.4) is 0 Å². The molecule has 1 aromatic rings. The standard InChI is InChI=1S/C13H14BrFN2O2/c1-16-12(18)11-3-2-6-17(11)13(19)9-7-8(15)4-5-10(9)14/h4-5,7,11H,2-3,6H2,1H3,(H,16,18). The van der Waals surface area contributed by atoms with Crippen LogP contribution in [-0.2, 0) is 4.79 Å². The van der Waals surface area contributed by atoms with Gasteiger partial charge < -0.3 is 10.2 Å². The number of benzene rings is 1. The van der Waals surface area contributed by atoms with Crippen molar-refractivity contribution in [2.24, 2.45) is 0 Å². The first kappa shape index (κ1) is 14.0. The molecule has 1 atom stereocenters. The molecule has 2 amide bonds. The third kappa shape index (κ3) is 2.78. The van der Waals surface area contributed by atoms with Crippen LogP contribution >= 0.6 is 15.9 Å². The zero-order valence-electron chi connectivity index (χ0n) is 10.5. The summed E-state index contributed by atoms with van der Waals surface area (Å²) in [6.07, 6.45) is 1.41. The third-order valence-corrected chi connectivity index (χ3v) is 3.91. The summed E-state index contributed by atoms with van der Waals surface area (Å²) in [5.74, 6) is -0.974. The van der Waals surface area contributed by atoms with Crippen LogP contribution in [0.1, 0.15) is 23.2 Å². The molecule has 1 aliphatic heterocycles. The van der Waals surface area contributed by atoms with Gasteiger partial charge in [-0.3, -0.25) is 9.59 Å². The lowest BCUT2D eigenvalue weighted by molar-refractivity contribution is -0.124. The van der Waals surface area contributed by atoms with Gasteiger partial charge in [0.2, 0.25) is 5.91 Å². The van der Waals surface area contributed by atoms with Crippen LogP contribution in [0, 0.1) is 5.82 Å².